The number of benzene rings is 1. The van der Waals surface area contributed by atoms with Gasteiger partial charge in [-0.05, 0) is 24.3 Å². The molecule has 1 amide bonds. The van der Waals surface area contributed by atoms with Crippen LogP contribution in [-0.2, 0) is 9.47 Å². The van der Waals surface area contributed by atoms with Crippen LogP contribution in [0.2, 0.25) is 0 Å². The summed E-state index contributed by atoms with van der Waals surface area (Å²) < 4.78 is 22.1. The molecular weight excluding hydrogens is 374 g/mol. The molecular formula is C21H25N3O5. The maximum absolute atomic E-state index is 12.8. The summed E-state index contributed by atoms with van der Waals surface area (Å²) in [5, 5.41) is 2.81. The zero-order chi connectivity index (χ0) is 20.3. The van der Waals surface area contributed by atoms with Crippen LogP contribution in [0, 0.1) is 0 Å². The number of hydrogen-bond donors (Lipinski definition) is 1. The lowest BCUT2D eigenvalue weighted by atomic mass is 10.0. The van der Waals surface area contributed by atoms with Crippen molar-refractivity contribution in [3.63, 3.8) is 0 Å². The van der Waals surface area contributed by atoms with Crippen molar-refractivity contribution in [2.24, 2.45) is 0 Å². The molecule has 2 fully saturated rings. The Labute approximate surface area is 169 Å². The van der Waals surface area contributed by atoms with Gasteiger partial charge in [-0.15, -0.1) is 0 Å². The Hall–Kier alpha value is -2.84. The summed E-state index contributed by atoms with van der Waals surface area (Å²) in [7, 11) is 3.03. The van der Waals surface area contributed by atoms with Crippen molar-refractivity contribution in [2.75, 3.05) is 50.7 Å². The lowest BCUT2D eigenvalue weighted by Gasteiger charge is -2.38. The average molecular weight is 399 g/mol. The molecule has 0 atom stereocenters. The fraction of sp³-hybridized carbons (Fsp3) is 0.429. The van der Waals surface area contributed by atoms with Gasteiger partial charge in [-0.2, -0.15) is 0 Å². The summed E-state index contributed by atoms with van der Waals surface area (Å²) in [5.41, 5.74) is 1.34. The van der Waals surface area contributed by atoms with Crippen molar-refractivity contribution in [3.8, 4) is 11.5 Å². The number of piperidine rings is 1. The van der Waals surface area contributed by atoms with Crippen LogP contribution in [0.15, 0.2) is 36.5 Å². The smallest absolute Gasteiger partial charge is 0.264 e. The fourth-order valence-corrected chi connectivity index (χ4v) is 3.79. The third-order valence-electron chi connectivity index (χ3n) is 5.35. The number of pyridine rings is 1. The predicted octanol–water partition coefficient (Wildman–Crippen LogP) is 2.69. The molecule has 0 bridgehead atoms. The van der Waals surface area contributed by atoms with Crippen LogP contribution in [0.4, 0.5) is 11.5 Å². The quantitative estimate of drug-likeness (QED) is 0.828. The number of amides is 1. The van der Waals surface area contributed by atoms with E-state index in [1.807, 2.05) is 6.07 Å². The minimum absolute atomic E-state index is 0.335. The van der Waals surface area contributed by atoms with Gasteiger partial charge >= 0.3 is 0 Å². The van der Waals surface area contributed by atoms with Gasteiger partial charge in [0.25, 0.3) is 5.91 Å². The fourth-order valence-electron chi connectivity index (χ4n) is 3.79. The van der Waals surface area contributed by atoms with Gasteiger partial charge < -0.3 is 29.2 Å². The van der Waals surface area contributed by atoms with Gasteiger partial charge in [0.15, 0.2) is 5.79 Å². The molecule has 1 N–H and O–H groups in total. The van der Waals surface area contributed by atoms with Gasteiger partial charge in [0.1, 0.15) is 22.9 Å². The van der Waals surface area contributed by atoms with Crippen LogP contribution in [0.3, 0.4) is 0 Å². The average Bonchev–Trinajstić information content (AvgIpc) is 3.22. The van der Waals surface area contributed by atoms with Crippen LogP contribution >= 0.6 is 0 Å². The molecule has 8 heteroatoms. The molecule has 29 heavy (non-hydrogen) atoms. The van der Waals surface area contributed by atoms with Crippen LogP contribution in [0.5, 0.6) is 11.5 Å². The van der Waals surface area contributed by atoms with Crippen molar-refractivity contribution >= 4 is 17.4 Å². The Balaban J connectivity index is 1.42. The minimum atomic E-state index is -0.397. The zero-order valence-corrected chi connectivity index (χ0v) is 16.6. The first-order valence-corrected chi connectivity index (χ1v) is 9.65. The van der Waals surface area contributed by atoms with Crippen molar-refractivity contribution in [1.82, 2.24) is 4.98 Å². The second-order valence-corrected chi connectivity index (χ2v) is 6.99. The molecule has 0 aliphatic carbocycles. The summed E-state index contributed by atoms with van der Waals surface area (Å²) in [4.78, 5) is 19.4. The van der Waals surface area contributed by atoms with E-state index in [1.54, 1.807) is 30.5 Å². The summed E-state index contributed by atoms with van der Waals surface area (Å²) in [5.74, 6) is 0.609. The maximum Gasteiger partial charge on any atom is 0.264 e. The highest BCUT2D eigenvalue weighted by atomic mass is 16.7. The van der Waals surface area contributed by atoms with E-state index in [4.69, 9.17) is 18.9 Å². The van der Waals surface area contributed by atoms with E-state index in [9.17, 15) is 4.79 Å². The first-order valence-electron chi connectivity index (χ1n) is 9.65. The van der Waals surface area contributed by atoms with Gasteiger partial charge in [-0.25, -0.2) is 4.98 Å². The highest BCUT2D eigenvalue weighted by Gasteiger charge is 2.39. The Morgan fingerprint density at radius 1 is 1.07 bits per heavy atom. The van der Waals surface area contributed by atoms with Gasteiger partial charge in [-0.3, -0.25) is 4.79 Å². The number of methoxy groups -OCH3 is 2. The third-order valence-corrected chi connectivity index (χ3v) is 5.35. The molecule has 1 aromatic heterocycles. The topological polar surface area (TPSA) is 82.2 Å². The second-order valence-electron chi connectivity index (χ2n) is 6.99. The molecule has 8 nitrogen and oxygen atoms in total. The van der Waals surface area contributed by atoms with E-state index in [1.165, 1.54) is 14.2 Å². The van der Waals surface area contributed by atoms with E-state index < -0.39 is 5.79 Å². The minimum Gasteiger partial charge on any atom is -0.496 e. The van der Waals surface area contributed by atoms with Crippen molar-refractivity contribution in [2.45, 2.75) is 18.6 Å². The molecule has 2 aliphatic heterocycles. The summed E-state index contributed by atoms with van der Waals surface area (Å²) in [6, 6.07) is 8.95. The van der Waals surface area contributed by atoms with Crippen LogP contribution in [-0.4, -0.2) is 57.2 Å². The molecule has 0 saturated carbocycles. The van der Waals surface area contributed by atoms with E-state index in [0.717, 1.165) is 31.6 Å². The van der Waals surface area contributed by atoms with Crippen molar-refractivity contribution in [1.29, 1.82) is 0 Å². The molecule has 3 heterocycles. The van der Waals surface area contributed by atoms with Gasteiger partial charge in [-0.1, -0.05) is 6.07 Å². The van der Waals surface area contributed by atoms with E-state index in [-0.39, 0.29) is 5.91 Å². The van der Waals surface area contributed by atoms with Crippen molar-refractivity contribution in [3.05, 3.63) is 42.1 Å². The standard InChI is InChI=1S/C21H25N3O5/c1-26-16-4-3-5-17(27-2)19(16)20(25)23-18-7-6-15(14-22-18)24-10-8-21(9-11-24)28-12-13-29-21/h3-7,14H,8-13H2,1-2H3,(H,22,23,25). The number of anilines is 2. The lowest BCUT2D eigenvalue weighted by molar-refractivity contribution is -0.169. The summed E-state index contributed by atoms with van der Waals surface area (Å²) >= 11 is 0. The molecule has 2 aliphatic rings. The molecule has 2 aromatic rings. The second kappa shape index (κ2) is 8.26. The molecule has 1 aromatic carbocycles. The molecule has 4 rings (SSSR count). The van der Waals surface area contributed by atoms with Crippen LogP contribution in [0.1, 0.15) is 23.2 Å². The van der Waals surface area contributed by atoms with E-state index in [2.05, 4.69) is 15.2 Å². The van der Waals surface area contributed by atoms with E-state index in [0.29, 0.717) is 36.1 Å². The lowest BCUT2D eigenvalue weighted by Crippen LogP contribution is -2.45. The van der Waals surface area contributed by atoms with Gasteiger partial charge in [0.2, 0.25) is 0 Å². The molecule has 154 valence electrons. The summed E-state index contributed by atoms with van der Waals surface area (Å²) in [6.07, 6.45) is 3.43. The van der Waals surface area contributed by atoms with Gasteiger partial charge in [0, 0.05) is 25.9 Å². The first-order chi connectivity index (χ1) is 14.1. The maximum atomic E-state index is 12.8. The molecule has 0 radical (unpaired) electrons. The normalized spacial score (nSPS) is 17.9. The summed E-state index contributed by atoms with van der Waals surface area (Å²) in [6.45, 7) is 3.03. The Morgan fingerprint density at radius 3 is 2.28 bits per heavy atom. The predicted molar refractivity (Wildman–Crippen MR) is 108 cm³/mol. The monoisotopic (exact) mass is 399 g/mol. The Kier molecular flexibility index (Phi) is 5.55. The Bertz CT molecular complexity index is 833. The van der Waals surface area contributed by atoms with Crippen LogP contribution < -0.4 is 19.7 Å². The molecule has 1 spiro atoms. The number of nitrogens with one attached hydrogen (secondary N) is 1. The number of hydrogen-bond acceptors (Lipinski definition) is 7. The first kappa shape index (κ1) is 19.5. The highest BCUT2D eigenvalue weighted by molar-refractivity contribution is 6.07. The van der Waals surface area contributed by atoms with Crippen molar-refractivity contribution < 1.29 is 23.7 Å². The van der Waals surface area contributed by atoms with Crippen LogP contribution in [0.25, 0.3) is 0 Å². The molecule has 0 unspecified atom stereocenters. The highest BCUT2D eigenvalue weighted by Crippen LogP contribution is 2.33. The zero-order valence-electron chi connectivity index (χ0n) is 16.6. The molecule has 2 saturated heterocycles. The third kappa shape index (κ3) is 3.99. The number of carbonyl (C=O) groups excluding carboxylic acids is 1. The largest absolute Gasteiger partial charge is 0.496 e. The SMILES string of the molecule is COc1cccc(OC)c1C(=O)Nc1ccc(N2CCC3(CC2)OCCO3)cn1. The number of rotatable bonds is 5. The van der Waals surface area contributed by atoms with E-state index >= 15 is 0 Å². The number of aromatic nitrogens is 1. The Morgan fingerprint density at radius 2 is 1.72 bits per heavy atom. The number of ether oxygens (including phenoxy) is 4. The van der Waals surface area contributed by atoms with Gasteiger partial charge in [0.05, 0.1) is 39.3 Å². The number of carbonyl (C=O) groups is 1. The number of nitrogens with zero attached hydrogens (tertiary/aromatic N) is 2.